The lowest BCUT2D eigenvalue weighted by Crippen LogP contribution is -2.39. The number of aromatic nitrogens is 3. The molecule has 9 heteroatoms. The first-order valence-electron chi connectivity index (χ1n) is 10.6. The van der Waals surface area contributed by atoms with Crippen LogP contribution in [-0.2, 0) is 11.3 Å². The third kappa shape index (κ3) is 5.53. The van der Waals surface area contributed by atoms with Gasteiger partial charge in [0.15, 0.2) is 5.16 Å². The lowest BCUT2D eigenvalue weighted by Gasteiger charge is -2.27. The number of hydrogen-bond donors (Lipinski definition) is 2. The molecule has 0 unspecified atom stereocenters. The minimum absolute atomic E-state index is 0.250. The van der Waals surface area contributed by atoms with Crippen LogP contribution in [0, 0.1) is 0 Å². The molecule has 160 valence electrons. The number of amides is 3. The fourth-order valence-electron chi connectivity index (χ4n) is 3.58. The summed E-state index contributed by atoms with van der Waals surface area (Å²) >= 11 is 1.54. The van der Waals surface area contributed by atoms with Crippen molar-refractivity contribution in [2.75, 3.05) is 23.7 Å². The zero-order chi connectivity index (χ0) is 20.8. The number of benzene rings is 1. The van der Waals surface area contributed by atoms with Gasteiger partial charge >= 0.3 is 6.03 Å². The van der Waals surface area contributed by atoms with E-state index in [2.05, 4.69) is 30.3 Å². The molecule has 1 aromatic carbocycles. The van der Waals surface area contributed by atoms with E-state index >= 15 is 0 Å². The number of rotatable bonds is 8. The Bertz CT molecular complexity index is 862. The molecule has 0 spiro atoms. The van der Waals surface area contributed by atoms with E-state index in [-0.39, 0.29) is 12.3 Å². The molecular weight excluding hydrogens is 400 g/mol. The molecule has 2 aromatic rings. The highest BCUT2D eigenvalue weighted by molar-refractivity contribution is 7.99. The second-order valence-corrected chi connectivity index (χ2v) is 8.81. The van der Waals surface area contributed by atoms with Crippen LogP contribution in [0.5, 0.6) is 0 Å². The highest BCUT2D eigenvalue weighted by Gasteiger charge is 2.32. The van der Waals surface area contributed by atoms with Crippen molar-refractivity contribution in [1.82, 2.24) is 25.4 Å². The Morgan fingerprint density at radius 1 is 1.07 bits per heavy atom. The van der Waals surface area contributed by atoms with Gasteiger partial charge in [-0.3, -0.25) is 14.7 Å². The van der Waals surface area contributed by atoms with Gasteiger partial charge < -0.3 is 10.2 Å². The number of nitrogens with one attached hydrogen (secondary N) is 2. The predicted molar refractivity (Wildman–Crippen MR) is 117 cm³/mol. The number of carbonyl (C=O) groups is 2. The summed E-state index contributed by atoms with van der Waals surface area (Å²) < 4.78 is 2.25. The fraction of sp³-hybridized carbons (Fsp3) is 0.524. The Morgan fingerprint density at radius 3 is 2.57 bits per heavy atom. The van der Waals surface area contributed by atoms with Gasteiger partial charge in [-0.2, -0.15) is 0 Å². The van der Waals surface area contributed by atoms with Gasteiger partial charge in [0.2, 0.25) is 11.9 Å². The van der Waals surface area contributed by atoms with Crippen molar-refractivity contribution in [3.8, 4) is 0 Å². The third-order valence-electron chi connectivity index (χ3n) is 5.31. The summed E-state index contributed by atoms with van der Waals surface area (Å²) in [6.45, 7) is 2.46. The Balaban J connectivity index is 1.23. The average Bonchev–Trinajstić information content (AvgIpc) is 3.53. The topological polar surface area (TPSA) is 92.2 Å². The van der Waals surface area contributed by atoms with E-state index in [0.29, 0.717) is 18.3 Å². The van der Waals surface area contributed by atoms with Crippen molar-refractivity contribution in [3.05, 3.63) is 35.9 Å². The van der Waals surface area contributed by atoms with Gasteiger partial charge in [-0.25, -0.2) is 4.79 Å². The number of hydrogen-bond acceptors (Lipinski definition) is 6. The van der Waals surface area contributed by atoms with Gasteiger partial charge in [-0.15, -0.1) is 10.2 Å². The molecule has 1 saturated carbocycles. The summed E-state index contributed by atoms with van der Waals surface area (Å²) in [4.78, 5) is 26.3. The van der Waals surface area contributed by atoms with Gasteiger partial charge in [0.25, 0.3) is 0 Å². The van der Waals surface area contributed by atoms with Crippen molar-refractivity contribution in [2.24, 2.45) is 0 Å². The van der Waals surface area contributed by atoms with Crippen LogP contribution in [0.15, 0.2) is 35.5 Å². The van der Waals surface area contributed by atoms with E-state index in [9.17, 15) is 9.59 Å². The number of carbonyl (C=O) groups excluding carboxylic acids is 2. The Morgan fingerprint density at radius 2 is 1.83 bits per heavy atom. The van der Waals surface area contributed by atoms with Gasteiger partial charge in [0.05, 0.1) is 0 Å². The van der Waals surface area contributed by atoms with Crippen molar-refractivity contribution >= 4 is 29.6 Å². The zero-order valence-corrected chi connectivity index (χ0v) is 17.9. The maximum Gasteiger partial charge on any atom is 0.321 e. The molecule has 3 amide bonds. The van der Waals surface area contributed by atoms with Crippen molar-refractivity contribution in [2.45, 2.75) is 56.3 Å². The minimum Gasteiger partial charge on any atom is -0.341 e. The lowest BCUT2D eigenvalue weighted by molar-refractivity contribution is -0.119. The predicted octanol–water partition coefficient (Wildman–Crippen LogP) is 3.11. The van der Waals surface area contributed by atoms with Gasteiger partial charge in [-0.1, -0.05) is 42.1 Å². The van der Waals surface area contributed by atoms with Crippen LogP contribution in [0.25, 0.3) is 0 Å². The van der Waals surface area contributed by atoms with Gasteiger partial charge in [0, 0.05) is 37.8 Å². The van der Waals surface area contributed by atoms with Crippen LogP contribution in [0.1, 0.15) is 50.1 Å². The molecule has 2 N–H and O–H groups in total. The molecule has 2 aliphatic rings. The van der Waals surface area contributed by atoms with E-state index in [1.54, 1.807) is 0 Å². The quantitative estimate of drug-likeness (QED) is 0.628. The maximum absolute atomic E-state index is 12.1. The fourth-order valence-corrected chi connectivity index (χ4v) is 4.51. The molecule has 2 heterocycles. The van der Waals surface area contributed by atoms with Crippen molar-refractivity contribution in [1.29, 1.82) is 0 Å². The summed E-state index contributed by atoms with van der Waals surface area (Å²) in [6.07, 6.45) is 6.26. The summed E-state index contributed by atoms with van der Waals surface area (Å²) in [7, 11) is 0. The number of piperidine rings is 1. The molecule has 4 rings (SSSR count). The molecule has 1 saturated heterocycles. The number of imide groups is 1. The number of urea groups is 1. The average molecular weight is 429 g/mol. The lowest BCUT2D eigenvalue weighted by atomic mass is 10.1. The molecule has 1 aliphatic carbocycles. The molecule has 8 nitrogen and oxygen atoms in total. The summed E-state index contributed by atoms with van der Waals surface area (Å²) in [5, 5.41) is 14.8. The van der Waals surface area contributed by atoms with Gasteiger partial charge in [0.1, 0.15) is 0 Å². The van der Waals surface area contributed by atoms with E-state index < -0.39 is 6.03 Å². The van der Waals surface area contributed by atoms with E-state index in [0.717, 1.165) is 42.6 Å². The SMILES string of the molecule is O=C(CCSc1nnc(N2CCCCC2)n1C1CC1)NC(=O)NCc1ccccc1. The standard InChI is InChI=1S/C21H28N6O2S/c28-18(23-19(29)22-15-16-7-3-1-4-8-16)11-14-30-21-25-24-20(27(21)17-9-10-17)26-12-5-2-6-13-26/h1,3-4,7-8,17H,2,5-6,9-15H2,(H2,22,23,28,29). The largest absolute Gasteiger partial charge is 0.341 e. The van der Waals surface area contributed by atoms with Crippen LogP contribution >= 0.6 is 11.8 Å². The molecular formula is C21H28N6O2S. The molecule has 0 atom stereocenters. The molecule has 0 bridgehead atoms. The zero-order valence-electron chi connectivity index (χ0n) is 17.0. The summed E-state index contributed by atoms with van der Waals surface area (Å²) in [5.41, 5.74) is 0.986. The van der Waals surface area contributed by atoms with Crippen LogP contribution in [0.2, 0.25) is 0 Å². The Hall–Kier alpha value is -2.55. The first-order chi connectivity index (χ1) is 14.7. The van der Waals surface area contributed by atoms with Crippen LogP contribution in [0.3, 0.4) is 0 Å². The molecule has 1 aliphatic heterocycles. The van der Waals surface area contributed by atoms with Crippen molar-refractivity contribution in [3.63, 3.8) is 0 Å². The molecule has 1 aromatic heterocycles. The second kappa shape index (κ2) is 9.97. The third-order valence-corrected chi connectivity index (χ3v) is 6.25. The van der Waals surface area contributed by atoms with Gasteiger partial charge in [-0.05, 0) is 37.7 Å². The molecule has 0 radical (unpaired) electrons. The van der Waals surface area contributed by atoms with E-state index in [1.165, 1.54) is 31.0 Å². The Kier molecular flexibility index (Phi) is 6.88. The highest BCUT2D eigenvalue weighted by Crippen LogP contribution is 2.41. The molecule has 30 heavy (non-hydrogen) atoms. The number of thioether (sulfide) groups is 1. The van der Waals surface area contributed by atoms with Crippen LogP contribution in [0.4, 0.5) is 10.7 Å². The maximum atomic E-state index is 12.1. The monoisotopic (exact) mass is 428 g/mol. The van der Waals surface area contributed by atoms with E-state index in [4.69, 9.17) is 0 Å². The van der Waals surface area contributed by atoms with Crippen molar-refractivity contribution < 1.29 is 9.59 Å². The number of nitrogens with zero attached hydrogens (tertiary/aromatic N) is 4. The summed E-state index contributed by atoms with van der Waals surface area (Å²) in [5.74, 6) is 1.24. The number of anilines is 1. The second-order valence-electron chi connectivity index (χ2n) is 7.75. The van der Waals surface area contributed by atoms with E-state index in [1.807, 2.05) is 30.3 Å². The smallest absolute Gasteiger partial charge is 0.321 e. The summed E-state index contributed by atoms with van der Waals surface area (Å²) in [6, 6.07) is 9.60. The Labute approximate surface area is 180 Å². The first-order valence-corrected chi connectivity index (χ1v) is 11.6. The van der Waals surface area contributed by atoms with Crippen LogP contribution in [-0.4, -0.2) is 45.5 Å². The molecule has 2 fully saturated rings. The highest BCUT2D eigenvalue weighted by atomic mass is 32.2. The van der Waals surface area contributed by atoms with Crippen LogP contribution < -0.4 is 15.5 Å². The first kappa shape index (κ1) is 20.7. The minimum atomic E-state index is -0.470. The normalized spacial score (nSPS) is 16.3.